The number of hydrogen-bond donors (Lipinski definition) is 3. The van der Waals surface area contributed by atoms with Gasteiger partial charge in [-0.25, -0.2) is 0 Å². The molecule has 7 heteroatoms. The van der Waals surface area contributed by atoms with E-state index in [1.807, 2.05) is 6.92 Å². The molecule has 0 saturated heterocycles. The minimum absolute atomic E-state index is 0.365. The van der Waals surface area contributed by atoms with E-state index in [1.54, 1.807) is 12.1 Å². The van der Waals surface area contributed by atoms with Gasteiger partial charge < -0.3 is 21.1 Å². The third-order valence-corrected chi connectivity index (χ3v) is 3.16. The first-order valence-electron chi connectivity index (χ1n) is 5.91. The summed E-state index contributed by atoms with van der Waals surface area (Å²) in [5.41, 5.74) is 6.72. The number of rotatable bonds is 6. The Kier molecular flexibility index (Phi) is 7.23. The van der Waals surface area contributed by atoms with E-state index in [1.165, 1.54) is 0 Å². The van der Waals surface area contributed by atoms with Gasteiger partial charge in [-0.3, -0.25) is 0 Å². The van der Waals surface area contributed by atoms with E-state index in [2.05, 4.69) is 10.6 Å². The van der Waals surface area contributed by atoms with Crippen LogP contribution in [-0.4, -0.2) is 24.9 Å². The zero-order valence-corrected chi connectivity index (χ0v) is 13.0. The lowest BCUT2D eigenvalue weighted by Crippen LogP contribution is -2.29. The fraction of sp³-hybridized carbons (Fsp3) is 0.417. The zero-order chi connectivity index (χ0) is 14.3. The van der Waals surface area contributed by atoms with Crippen molar-refractivity contribution in [2.24, 2.45) is 0 Å². The molecule has 0 saturated carbocycles. The molecule has 0 atom stereocenters. The standard InChI is InChI=1S/C12H17Cl2N3OS/c1-2-18-5-3-4-16-12(19)17-8-6-9(13)11(15)10(14)7-8/h6-7H,2-5,15H2,1H3,(H2,16,17,19). The van der Waals surface area contributed by atoms with Crippen molar-refractivity contribution in [1.29, 1.82) is 0 Å². The number of anilines is 2. The molecular formula is C12H17Cl2N3OS. The number of nitrogens with one attached hydrogen (secondary N) is 2. The van der Waals surface area contributed by atoms with Crippen LogP contribution >= 0.6 is 35.4 Å². The molecule has 4 nitrogen and oxygen atoms in total. The van der Waals surface area contributed by atoms with Crippen LogP contribution < -0.4 is 16.4 Å². The van der Waals surface area contributed by atoms with Gasteiger partial charge in [0, 0.05) is 25.4 Å². The minimum Gasteiger partial charge on any atom is -0.396 e. The van der Waals surface area contributed by atoms with Crippen molar-refractivity contribution in [3.05, 3.63) is 22.2 Å². The summed E-state index contributed by atoms with van der Waals surface area (Å²) >= 11 is 17.0. The number of thiocarbonyl (C=S) groups is 1. The van der Waals surface area contributed by atoms with Crippen LogP contribution in [0.1, 0.15) is 13.3 Å². The molecule has 0 heterocycles. The first-order valence-corrected chi connectivity index (χ1v) is 7.08. The average molecular weight is 322 g/mol. The molecule has 106 valence electrons. The largest absolute Gasteiger partial charge is 0.396 e. The van der Waals surface area contributed by atoms with E-state index >= 15 is 0 Å². The summed E-state index contributed by atoms with van der Waals surface area (Å²) in [4.78, 5) is 0. The second kappa shape index (κ2) is 8.43. The van der Waals surface area contributed by atoms with E-state index in [0.29, 0.717) is 33.1 Å². The summed E-state index contributed by atoms with van der Waals surface area (Å²) in [6, 6.07) is 3.36. The summed E-state index contributed by atoms with van der Waals surface area (Å²) in [6.07, 6.45) is 0.888. The molecule has 0 aliphatic rings. The summed E-state index contributed by atoms with van der Waals surface area (Å²) in [5.74, 6) is 0. The second-order valence-corrected chi connectivity index (χ2v) is 5.01. The Morgan fingerprint density at radius 2 is 2.00 bits per heavy atom. The number of halogens is 2. The molecule has 1 aromatic carbocycles. The van der Waals surface area contributed by atoms with Gasteiger partial charge in [0.1, 0.15) is 0 Å². The molecule has 0 amide bonds. The highest BCUT2D eigenvalue weighted by molar-refractivity contribution is 7.80. The molecule has 1 rings (SSSR count). The molecule has 4 N–H and O–H groups in total. The highest BCUT2D eigenvalue weighted by Gasteiger charge is 2.05. The van der Waals surface area contributed by atoms with Gasteiger partial charge in [-0.1, -0.05) is 23.2 Å². The fourth-order valence-electron chi connectivity index (χ4n) is 1.35. The molecule has 0 radical (unpaired) electrons. The molecule has 0 aromatic heterocycles. The summed E-state index contributed by atoms with van der Waals surface area (Å²) in [5, 5.41) is 7.37. The van der Waals surface area contributed by atoms with Crippen molar-refractivity contribution >= 4 is 51.9 Å². The monoisotopic (exact) mass is 321 g/mol. The normalized spacial score (nSPS) is 10.3. The predicted molar refractivity (Wildman–Crippen MR) is 86.2 cm³/mol. The molecule has 1 aromatic rings. The van der Waals surface area contributed by atoms with Crippen molar-refractivity contribution < 1.29 is 4.74 Å². The lowest BCUT2D eigenvalue weighted by molar-refractivity contribution is 0.146. The highest BCUT2D eigenvalue weighted by Crippen LogP contribution is 2.30. The van der Waals surface area contributed by atoms with Crippen LogP contribution in [0, 0.1) is 0 Å². The van der Waals surface area contributed by atoms with Crippen molar-refractivity contribution in [3.8, 4) is 0 Å². The summed E-state index contributed by atoms with van der Waals surface area (Å²) in [7, 11) is 0. The Morgan fingerprint density at radius 1 is 1.37 bits per heavy atom. The quantitative estimate of drug-likeness (QED) is 0.426. The van der Waals surface area contributed by atoms with E-state index < -0.39 is 0 Å². The maximum Gasteiger partial charge on any atom is 0.170 e. The smallest absolute Gasteiger partial charge is 0.170 e. The van der Waals surface area contributed by atoms with E-state index in [-0.39, 0.29) is 0 Å². The van der Waals surface area contributed by atoms with Gasteiger partial charge in [-0.05, 0) is 37.7 Å². The zero-order valence-electron chi connectivity index (χ0n) is 10.6. The summed E-state index contributed by atoms with van der Waals surface area (Å²) in [6.45, 7) is 4.15. The highest BCUT2D eigenvalue weighted by atomic mass is 35.5. The van der Waals surface area contributed by atoms with Gasteiger partial charge in [0.25, 0.3) is 0 Å². The van der Waals surface area contributed by atoms with Gasteiger partial charge in [-0.2, -0.15) is 0 Å². The molecule has 0 bridgehead atoms. The first-order chi connectivity index (χ1) is 9.04. The molecule has 0 fully saturated rings. The minimum atomic E-state index is 0.365. The topological polar surface area (TPSA) is 59.3 Å². The lowest BCUT2D eigenvalue weighted by atomic mass is 10.3. The van der Waals surface area contributed by atoms with Crippen molar-refractivity contribution in [3.63, 3.8) is 0 Å². The van der Waals surface area contributed by atoms with E-state index in [0.717, 1.165) is 19.6 Å². The fourth-order valence-corrected chi connectivity index (χ4v) is 2.06. The van der Waals surface area contributed by atoms with Gasteiger partial charge in [0.05, 0.1) is 15.7 Å². The lowest BCUT2D eigenvalue weighted by Gasteiger charge is -2.12. The number of ether oxygens (including phenoxy) is 1. The molecule has 19 heavy (non-hydrogen) atoms. The third kappa shape index (κ3) is 5.82. The molecular weight excluding hydrogens is 305 g/mol. The molecule has 0 unspecified atom stereocenters. The second-order valence-electron chi connectivity index (χ2n) is 3.78. The summed E-state index contributed by atoms with van der Waals surface area (Å²) < 4.78 is 5.23. The Hall–Kier alpha value is -0.750. The molecule has 0 aliphatic carbocycles. The van der Waals surface area contributed by atoms with Crippen molar-refractivity contribution in [1.82, 2.24) is 5.32 Å². The van der Waals surface area contributed by atoms with E-state index in [9.17, 15) is 0 Å². The number of nitrogen functional groups attached to an aromatic ring is 1. The Bertz CT molecular complexity index is 420. The molecule has 0 spiro atoms. The first kappa shape index (κ1) is 16.3. The van der Waals surface area contributed by atoms with Gasteiger partial charge in [0.2, 0.25) is 0 Å². The SMILES string of the molecule is CCOCCCNC(=S)Nc1cc(Cl)c(N)c(Cl)c1. The third-order valence-electron chi connectivity index (χ3n) is 2.29. The maximum atomic E-state index is 5.93. The Morgan fingerprint density at radius 3 is 2.58 bits per heavy atom. The average Bonchev–Trinajstić information content (AvgIpc) is 2.35. The predicted octanol–water partition coefficient (Wildman–Crippen LogP) is 3.29. The van der Waals surface area contributed by atoms with Crippen LogP contribution in [0.5, 0.6) is 0 Å². The van der Waals surface area contributed by atoms with E-state index in [4.69, 9.17) is 45.9 Å². The Labute approximate surface area is 128 Å². The van der Waals surface area contributed by atoms with Crippen LogP contribution in [0.4, 0.5) is 11.4 Å². The van der Waals surface area contributed by atoms with Crippen LogP contribution in [0.25, 0.3) is 0 Å². The van der Waals surface area contributed by atoms with Crippen LogP contribution in [0.3, 0.4) is 0 Å². The van der Waals surface area contributed by atoms with Gasteiger partial charge in [-0.15, -0.1) is 0 Å². The van der Waals surface area contributed by atoms with Crippen LogP contribution in [-0.2, 0) is 4.74 Å². The number of hydrogen-bond acceptors (Lipinski definition) is 3. The number of benzene rings is 1. The Balaban J connectivity index is 2.40. The molecule has 0 aliphatic heterocycles. The van der Waals surface area contributed by atoms with Crippen LogP contribution in [0.2, 0.25) is 10.0 Å². The maximum absolute atomic E-state index is 5.93. The van der Waals surface area contributed by atoms with Crippen molar-refractivity contribution in [2.75, 3.05) is 30.8 Å². The van der Waals surface area contributed by atoms with Gasteiger partial charge >= 0.3 is 0 Å². The van der Waals surface area contributed by atoms with Crippen LogP contribution in [0.15, 0.2) is 12.1 Å². The van der Waals surface area contributed by atoms with Gasteiger partial charge in [0.15, 0.2) is 5.11 Å². The number of nitrogens with two attached hydrogens (primary N) is 1. The van der Waals surface area contributed by atoms with Crippen molar-refractivity contribution in [2.45, 2.75) is 13.3 Å².